The van der Waals surface area contributed by atoms with E-state index < -0.39 is 0 Å². The molecule has 0 unspecified atom stereocenters. The SMILES string of the molecule is Brc1c(-c2ccccc2)oc2c1Cc1ccccc1-2. The van der Waals surface area contributed by atoms with Crippen molar-refractivity contribution in [2.24, 2.45) is 0 Å². The summed E-state index contributed by atoms with van der Waals surface area (Å²) in [6.07, 6.45) is 0.947. The van der Waals surface area contributed by atoms with Crippen LogP contribution in [0.1, 0.15) is 11.1 Å². The normalized spacial score (nSPS) is 12.3. The topological polar surface area (TPSA) is 13.1 Å². The molecule has 19 heavy (non-hydrogen) atoms. The molecule has 0 spiro atoms. The van der Waals surface area contributed by atoms with Crippen LogP contribution in [0.4, 0.5) is 0 Å². The summed E-state index contributed by atoms with van der Waals surface area (Å²) in [4.78, 5) is 0. The van der Waals surface area contributed by atoms with E-state index in [0.29, 0.717) is 0 Å². The first-order valence-corrected chi connectivity index (χ1v) is 7.09. The first kappa shape index (κ1) is 11.1. The number of rotatable bonds is 1. The molecule has 0 saturated carbocycles. The van der Waals surface area contributed by atoms with E-state index in [1.54, 1.807) is 0 Å². The number of benzene rings is 2. The zero-order valence-corrected chi connectivity index (χ0v) is 11.8. The van der Waals surface area contributed by atoms with E-state index in [0.717, 1.165) is 28.0 Å². The predicted molar refractivity (Wildman–Crippen MR) is 80.1 cm³/mol. The van der Waals surface area contributed by atoms with E-state index in [4.69, 9.17) is 4.42 Å². The molecule has 1 aliphatic carbocycles. The second-order valence-electron chi connectivity index (χ2n) is 4.75. The summed E-state index contributed by atoms with van der Waals surface area (Å²) in [5.41, 5.74) is 4.94. The van der Waals surface area contributed by atoms with Crippen LogP contribution >= 0.6 is 15.9 Å². The standard InChI is InChI=1S/C17H11BrO/c18-15-14-10-12-8-4-5-9-13(12)17(14)19-16(15)11-6-2-1-3-7-11/h1-9H,10H2. The molecule has 0 fully saturated rings. The minimum atomic E-state index is 0.931. The molecule has 0 N–H and O–H groups in total. The Balaban J connectivity index is 1.93. The molecule has 0 saturated heterocycles. The molecule has 1 aromatic heterocycles. The molecular formula is C17H11BrO. The molecule has 2 heteroatoms. The zero-order chi connectivity index (χ0) is 12.8. The van der Waals surface area contributed by atoms with Gasteiger partial charge in [0.25, 0.3) is 0 Å². The zero-order valence-electron chi connectivity index (χ0n) is 10.2. The third kappa shape index (κ3) is 1.60. The van der Waals surface area contributed by atoms with E-state index in [1.165, 1.54) is 16.7 Å². The number of hydrogen-bond donors (Lipinski definition) is 0. The first-order chi connectivity index (χ1) is 9.34. The van der Waals surface area contributed by atoms with Crippen LogP contribution in [-0.2, 0) is 6.42 Å². The Morgan fingerprint density at radius 2 is 1.58 bits per heavy atom. The molecule has 0 radical (unpaired) electrons. The molecule has 1 aliphatic rings. The van der Waals surface area contributed by atoms with Gasteiger partial charge in [-0.2, -0.15) is 0 Å². The van der Waals surface area contributed by atoms with E-state index >= 15 is 0 Å². The number of hydrogen-bond acceptors (Lipinski definition) is 1. The van der Waals surface area contributed by atoms with Crippen molar-refractivity contribution in [3.05, 3.63) is 70.2 Å². The van der Waals surface area contributed by atoms with Crippen LogP contribution in [0.3, 0.4) is 0 Å². The van der Waals surface area contributed by atoms with Crippen LogP contribution in [0.15, 0.2) is 63.5 Å². The maximum absolute atomic E-state index is 6.12. The van der Waals surface area contributed by atoms with Gasteiger partial charge in [-0.15, -0.1) is 0 Å². The summed E-state index contributed by atoms with van der Waals surface area (Å²) in [7, 11) is 0. The lowest BCUT2D eigenvalue weighted by Gasteiger charge is -2.01. The van der Waals surface area contributed by atoms with Crippen molar-refractivity contribution in [2.75, 3.05) is 0 Å². The molecule has 2 aromatic carbocycles. The Labute approximate surface area is 120 Å². The molecular weight excluding hydrogens is 300 g/mol. The van der Waals surface area contributed by atoms with Gasteiger partial charge in [-0.05, 0) is 21.5 Å². The Kier molecular flexibility index (Phi) is 2.39. The van der Waals surface area contributed by atoms with Gasteiger partial charge in [-0.25, -0.2) is 0 Å². The van der Waals surface area contributed by atoms with Crippen molar-refractivity contribution in [1.29, 1.82) is 0 Å². The number of furan rings is 1. The lowest BCUT2D eigenvalue weighted by Crippen LogP contribution is -1.81. The van der Waals surface area contributed by atoms with Crippen molar-refractivity contribution in [2.45, 2.75) is 6.42 Å². The Morgan fingerprint density at radius 3 is 2.42 bits per heavy atom. The smallest absolute Gasteiger partial charge is 0.149 e. The third-order valence-electron chi connectivity index (χ3n) is 3.61. The summed E-state index contributed by atoms with van der Waals surface area (Å²) in [6, 6.07) is 18.7. The number of fused-ring (bicyclic) bond motifs is 3. The van der Waals surface area contributed by atoms with Crippen molar-refractivity contribution in [3.63, 3.8) is 0 Å². The average Bonchev–Trinajstić information content (AvgIpc) is 2.98. The minimum Gasteiger partial charge on any atom is -0.455 e. The van der Waals surface area contributed by atoms with Gasteiger partial charge in [0, 0.05) is 23.1 Å². The van der Waals surface area contributed by atoms with Crippen LogP contribution in [-0.4, -0.2) is 0 Å². The Hall–Kier alpha value is -1.80. The second kappa shape index (κ2) is 4.10. The van der Waals surface area contributed by atoms with Gasteiger partial charge in [0.1, 0.15) is 11.5 Å². The van der Waals surface area contributed by atoms with Gasteiger partial charge < -0.3 is 4.42 Å². The highest BCUT2D eigenvalue weighted by Gasteiger charge is 2.27. The fourth-order valence-electron chi connectivity index (χ4n) is 2.68. The van der Waals surface area contributed by atoms with Crippen LogP contribution in [0, 0.1) is 0 Å². The monoisotopic (exact) mass is 310 g/mol. The van der Waals surface area contributed by atoms with Gasteiger partial charge in [-0.3, -0.25) is 0 Å². The van der Waals surface area contributed by atoms with E-state index in [1.807, 2.05) is 18.2 Å². The predicted octanol–water partition coefficient (Wildman–Crippen LogP) is 5.28. The summed E-state index contributed by atoms with van der Waals surface area (Å²) >= 11 is 3.70. The molecule has 0 bridgehead atoms. The average molecular weight is 311 g/mol. The molecule has 1 heterocycles. The molecule has 0 atom stereocenters. The summed E-state index contributed by atoms with van der Waals surface area (Å²) < 4.78 is 7.21. The van der Waals surface area contributed by atoms with Gasteiger partial charge in [0.15, 0.2) is 0 Å². The van der Waals surface area contributed by atoms with E-state index in [-0.39, 0.29) is 0 Å². The lowest BCUT2D eigenvalue weighted by molar-refractivity contribution is 0.596. The van der Waals surface area contributed by atoms with Crippen LogP contribution in [0.2, 0.25) is 0 Å². The largest absolute Gasteiger partial charge is 0.455 e. The fraction of sp³-hybridized carbons (Fsp3) is 0.0588. The highest BCUT2D eigenvalue weighted by molar-refractivity contribution is 9.10. The Bertz CT molecular complexity index is 755. The highest BCUT2D eigenvalue weighted by atomic mass is 79.9. The third-order valence-corrected chi connectivity index (χ3v) is 4.45. The fourth-order valence-corrected chi connectivity index (χ4v) is 3.31. The van der Waals surface area contributed by atoms with Crippen LogP contribution < -0.4 is 0 Å². The molecule has 0 aliphatic heterocycles. The van der Waals surface area contributed by atoms with Crippen LogP contribution in [0.25, 0.3) is 22.6 Å². The molecule has 1 nitrogen and oxygen atoms in total. The van der Waals surface area contributed by atoms with Crippen LogP contribution in [0.5, 0.6) is 0 Å². The maximum atomic E-state index is 6.12. The lowest BCUT2D eigenvalue weighted by atomic mass is 10.1. The highest BCUT2D eigenvalue weighted by Crippen LogP contribution is 2.46. The van der Waals surface area contributed by atoms with E-state index in [2.05, 4.69) is 52.3 Å². The molecule has 4 rings (SSSR count). The maximum Gasteiger partial charge on any atom is 0.149 e. The van der Waals surface area contributed by atoms with Gasteiger partial charge in [0.05, 0.1) is 4.47 Å². The summed E-state index contributed by atoms with van der Waals surface area (Å²) in [5, 5.41) is 0. The second-order valence-corrected chi connectivity index (χ2v) is 5.55. The Morgan fingerprint density at radius 1 is 0.842 bits per heavy atom. The number of halogens is 1. The van der Waals surface area contributed by atoms with E-state index in [9.17, 15) is 0 Å². The molecule has 92 valence electrons. The molecule has 3 aromatic rings. The van der Waals surface area contributed by atoms with Crippen molar-refractivity contribution < 1.29 is 4.42 Å². The minimum absolute atomic E-state index is 0.931. The van der Waals surface area contributed by atoms with Gasteiger partial charge in [-0.1, -0.05) is 54.6 Å². The van der Waals surface area contributed by atoms with Crippen molar-refractivity contribution in [1.82, 2.24) is 0 Å². The quantitative estimate of drug-likeness (QED) is 0.466. The van der Waals surface area contributed by atoms with Crippen molar-refractivity contribution >= 4 is 15.9 Å². The van der Waals surface area contributed by atoms with Gasteiger partial charge in [0.2, 0.25) is 0 Å². The summed E-state index contributed by atoms with van der Waals surface area (Å²) in [6.45, 7) is 0. The van der Waals surface area contributed by atoms with Gasteiger partial charge >= 0.3 is 0 Å². The summed E-state index contributed by atoms with van der Waals surface area (Å²) in [5.74, 6) is 1.95. The first-order valence-electron chi connectivity index (χ1n) is 6.29. The van der Waals surface area contributed by atoms with Crippen molar-refractivity contribution in [3.8, 4) is 22.6 Å². The molecule has 0 amide bonds.